The van der Waals surface area contributed by atoms with E-state index < -0.39 is 5.60 Å². The number of amides is 2. The second-order valence-corrected chi connectivity index (χ2v) is 9.09. The number of aromatic nitrogens is 1. The molecule has 7 nitrogen and oxygen atoms in total. The summed E-state index contributed by atoms with van der Waals surface area (Å²) in [7, 11) is 0. The van der Waals surface area contributed by atoms with E-state index in [0.717, 1.165) is 36.9 Å². The molecule has 0 N–H and O–H groups in total. The van der Waals surface area contributed by atoms with Crippen LogP contribution in [0.3, 0.4) is 0 Å². The Morgan fingerprint density at radius 1 is 1.07 bits per heavy atom. The lowest BCUT2D eigenvalue weighted by atomic mass is 10.0. The Balaban J connectivity index is 1.41. The molecule has 1 saturated carbocycles. The van der Waals surface area contributed by atoms with E-state index in [0.29, 0.717) is 24.7 Å². The third kappa shape index (κ3) is 4.66. The summed E-state index contributed by atoms with van der Waals surface area (Å²) < 4.78 is 10.5. The van der Waals surface area contributed by atoms with Crippen molar-refractivity contribution in [3.05, 3.63) is 42.5 Å². The van der Waals surface area contributed by atoms with E-state index in [1.165, 1.54) is 6.39 Å². The van der Waals surface area contributed by atoms with Crippen molar-refractivity contribution in [2.24, 2.45) is 0 Å². The number of piperidine rings is 1. The molecule has 160 valence electrons. The van der Waals surface area contributed by atoms with E-state index in [1.807, 2.05) is 45.0 Å². The molecule has 1 aliphatic carbocycles. The molecule has 0 unspecified atom stereocenters. The lowest BCUT2D eigenvalue weighted by Crippen LogP contribution is -2.50. The molecule has 2 aromatic rings. The van der Waals surface area contributed by atoms with Crippen molar-refractivity contribution in [3.8, 4) is 11.3 Å². The summed E-state index contributed by atoms with van der Waals surface area (Å²) in [6, 6.07) is 7.99. The molecule has 4 rings (SSSR count). The standard InChI is InChI=1S/C23H29N3O4/c1-23(2,3)30-22(28)25-12-10-19(11-13-25)26(18-8-9-18)21(27)17-6-4-16(5-7-17)20-14-29-15-24-20/h4-7,14-15,18-19H,8-13H2,1-3H3. The van der Waals surface area contributed by atoms with Crippen LogP contribution in [-0.4, -0.2) is 57.6 Å². The van der Waals surface area contributed by atoms with Gasteiger partial charge in [-0.15, -0.1) is 0 Å². The molecule has 1 aromatic carbocycles. The topological polar surface area (TPSA) is 75.9 Å². The molecule has 2 fully saturated rings. The van der Waals surface area contributed by atoms with Crippen molar-refractivity contribution in [1.82, 2.24) is 14.8 Å². The van der Waals surface area contributed by atoms with Gasteiger partial charge in [-0.1, -0.05) is 12.1 Å². The van der Waals surface area contributed by atoms with Gasteiger partial charge in [-0.3, -0.25) is 4.79 Å². The van der Waals surface area contributed by atoms with Crippen LogP contribution >= 0.6 is 0 Å². The van der Waals surface area contributed by atoms with E-state index in [9.17, 15) is 9.59 Å². The molecule has 0 radical (unpaired) electrons. The smallest absolute Gasteiger partial charge is 0.410 e. The number of rotatable bonds is 4. The number of nitrogens with zero attached hydrogens (tertiary/aromatic N) is 3. The Bertz CT molecular complexity index is 874. The number of hydrogen-bond acceptors (Lipinski definition) is 5. The quantitative estimate of drug-likeness (QED) is 0.748. The second-order valence-electron chi connectivity index (χ2n) is 9.09. The predicted molar refractivity (Wildman–Crippen MR) is 112 cm³/mol. The van der Waals surface area contributed by atoms with Crippen molar-refractivity contribution >= 4 is 12.0 Å². The normalized spacial score (nSPS) is 17.6. The molecule has 2 heterocycles. The van der Waals surface area contributed by atoms with Crippen LogP contribution in [0.1, 0.15) is 56.8 Å². The zero-order chi connectivity index (χ0) is 21.3. The molecule has 0 atom stereocenters. The van der Waals surface area contributed by atoms with Crippen LogP contribution in [0.5, 0.6) is 0 Å². The number of benzene rings is 1. The third-order valence-electron chi connectivity index (χ3n) is 5.54. The summed E-state index contributed by atoms with van der Waals surface area (Å²) in [5.74, 6) is 0.0694. The first-order chi connectivity index (χ1) is 14.3. The first-order valence-electron chi connectivity index (χ1n) is 10.6. The van der Waals surface area contributed by atoms with Crippen molar-refractivity contribution in [3.63, 3.8) is 0 Å². The molecule has 1 saturated heterocycles. The zero-order valence-corrected chi connectivity index (χ0v) is 17.8. The molecule has 2 amide bonds. The van der Waals surface area contributed by atoms with Gasteiger partial charge in [-0.25, -0.2) is 9.78 Å². The average Bonchev–Trinajstić information content (AvgIpc) is 3.39. The van der Waals surface area contributed by atoms with Gasteiger partial charge in [-0.05, 0) is 58.6 Å². The fraction of sp³-hybridized carbons (Fsp3) is 0.522. The molecule has 0 spiro atoms. The molecule has 30 heavy (non-hydrogen) atoms. The van der Waals surface area contributed by atoms with E-state index in [-0.39, 0.29) is 18.0 Å². The van der Waals surface area contributed by atoms with Crippen LogP contribution in [-0.2, 0) is 4.74 Å². The predicted octanol–water partition coefficient (Wildman–Crippen LogP) is 4.35. The third-order valence-corrected chi connectivity index (χ3v) is 5.54. The highest BCUT2D eigenvalue weighted by Gasteiger charge is 2.39. The maximum atomic E-state index is 13.3. The van der Waals surface area contributed by atoms with Crippen LogP contribution in [0, 0.1) is 0 Å². The number of carbonyl (C=O) groups excluding carboxylic acids is 2. The van der Waals surface area contributed by atoms with Crippen LogP contribution in [0.4, 0.5) is 4.79 Å². The molecule has 1 aromatic heterocycles. The van der Waals surface area contributed by atoms with Crippen molar-refractivity contribution in [2.45, 2.75) is 64.1 Å². The maximum Gasteiger partial charge on any atom is 0.410 e. The van der Waals surface area contributed by atoms with Gasteiger partial charge in [0.2, 0.25) is 0 Å². The Hall–Kier alpha value is -2.83. The lowest BCUT2D eigenvalue weighted by molar-refractivity contribution is 0.0142. The van der Waals surface area contributed by atoms with Gasteiger partial charge >= 0.3 is 6.09 Å². The summed E-state index contributed by atoms with van der Waals surface area (Å²) in [4.78, 5) is 33.6. The van der Waals surface area contributed by atoms with Gasteiger partial charge in [0.15, 0.2) is 6.39 Å². The summed E-state index contributed by atoms with van der Waals surface area (Å²) in [5.41, 5.74) is 1.86. The van der Waals surface area contributed by atoms with Gasteiger partial charge in [0.1, 0.15) is 17.6 Å². The molecule has 0 bridgehead atoms. The number of carbonyl (C=O) groups is 2. The molecular weight excluding hydrogens is 382 g/mol. The first-order valence-corrected chi connectivity index (χ1v) is 10.6. The molecular formula is C23H29N3O4. The van der Waals surface area contributed by atoms with Gasteiger partial charge in [0, 0.05) is 36.3 Å². The Kier molecular flexibility index (Phi) is 5.54. The number of likely N-dealkylation sites (tertiary alicyclic amines) is 1. The molecule has 7 heteroatoms. The fourth-order valence-electron chi connectivity index (χ4n) is 3.92. The van der Waals surface area contributed by atoms with Crippen LogP contribution < -0.4 is 0 Å². The minimum absolute atomic E-state index is 0.0694. The average molecular weight is 412 g/mol. The number of hydrogen-bond donors (Lipinski definition) is 0. The van der Waals surface area contributed by atoms with Crippen LogP contribution in [0.2, 0.25) is 0 Å². The minimum Gasteiger partial charge on any atom is -0.451 e. The van der Waals surface area contributed by atoms with Crippen molar-refractivity contribution in [2.75, 3.05) is 13.1 Å². The van der Waals surface area contributed by atoms with E-state index in [4.69, 9.17) is 9.15 Å². The maximum absolute atomic E-state index is 13.3. The number of oxazole rings is 1. The highest BCUT2D eigenvalue weighted by atomic mass is 16.6. The largest absolute Gasteiger partial charge is 0.451 e. The van der Waals surface area contributed by atoms with E-state index >= 15 is 0 Å². The highest BCUT2D eigenvalue weighted by Crippen LogP contribution is 2.33. The minimum atomic E-state index is -0.498. The SMILES string of the molecule is CC(C)(C)OC(=O)N1CCC(N(C(=O)c2ccc(-c3cocn3)cc2)C2CC2)CC1. The second kappa shape index (κ2) is 8.13. The van der Waals surface area contributed by atoms with E-state index in [1.54, 1.807) is 11.2 Å². The Labute approximate surface area is 177 Å². The van der Waals surface area contributed by atoms with E-state index in [2.05, 4.69) is 9.88 Å². The van der Waals surface area contributed by atoms with Crippen molar-refractivity contribution < 1.29 is 18.7 Å². The monoisotopic (exact) mass is 411 g/mol. The number of ether oxygens (including phenoxy) is 1. The fourth-order valence-corrected chi connectivity index (χ4v) is 3.92. The molecule has 2 aliphatic rings. The highest BCUT2D eigenvalue weighted by molar-refractivity contribution is 5.95. The van der Waals surface area contributed by atoms with Crippen LogP contribution in [0.15, 0.2) is 41.3 Å². The molecule has 1 aliphatic heterocycles. The summed E-state index contributed by atoms with van der Waals surface area (Å²) in [5, 5.41) is 0. The van der Waals surface area contributed by atoms with Gasteiger partial charge in [-0.2, -0.15) is 0 Å². The summed E-state index contributed by atoms with van der Waals surface area (Å²) >= 11 is 0. The van der Waals surface area contributed by atoms with Gasteiger partial charge in [0.05, 0.1) is 0 Å². The Morgan fingerprint density at radius 2 is 1.70 bits per heavy atom. The Morgan fingerprint density at radius 3 is 2.23 bits per heavy atom. The summed E-state index contributed by atoms with van der Waals surface area (Å²) in [6.07, 6.45) is 6.37. The van der Waals surface area contributed by atoms with Gasteiger partial charge < -0.3 is 19.0 Å². The summed E-state index contributed by atoms with van der Waals surface area (Å²) in [6.45, 7) is 6.85. The first kappa shape index (κ1) is 20.4. The lowest BCUT2D eigenvalue weighted by Gasteiger charge is -2.39. The zero-order valence-electron chi connectivity index (χ0n) is 17.8. The van der Waals surface area contributed by atoms with Crippen molar-refractivity contribution in [1.29, 1.82) is 0 Å². The van der Waals surface area contributed by atoms with Crippen LogP contribution in [0.25, 0.3) is 11.3 Å². The van der Waals surface area contributed by atoms with Gasteiger partial charge in [0.25, 0.3) is 5.91 Å².